The second-order valence-electron chi connectivity index (χ2n) is 6.60. The van der Waals surface area contributed by atoms with E-state index >= 15 is 0 Å². The van der Waals surface area contributed by atoms with Crippen LogP contribution in [-0.4, -0.2) is 53.4 Å². The molecule has 0 unspecified atom stereocenters. The Hall–Kier alpha value is -2.77. The van der Waals surface area contributed by atoms with E-state index in [1.807, 2.05) is 30.3 Å². The highest BCUT2D eigenvalue weighted by atomic mass is 16.6. The van der Waals surface area contributed by atoms with Crippen LogP contribution in [0.4, 0.5) is 9.59 Å². The highest BCUT2D eigenvalue weighted by molar-refractivity contribution is 5.71. The SMILES string of the molecule is CC(C)(C)OC(=O)NCCN(CCC(=O)O)C(=O)OCc1ccccc1. The molecule has 0 atom stereocenters. The predicted octanol–water partition coefficient (Wildman–Crippen LogP) is 2.62. The number of alkyl carbamates (subject to hydrolysis) is 1. The lowest BCUT2D eigenvalue weighted by molar-refractivity contribution is -0.137. The summed E-state index contributed by atoms with van der Waals surface area (Å²) < 4.78 is 10.3. The average molecular weight is 366 g/mol. The van der Waals surface area contributed by atoms with Crippen LogP contribution >= 0.6 is 0 Å². The number of amides is 2. The molecule has 0 fully saturated rings. The van der Waals surface area contributed by atoms with Crippen molar-refractivity contribution in [3.05, 3.63) is 35.9 Å². The lowest BCUT2D eigenvalue weighted by atomic mass is 10.2. The van der Waals surface area contributed by atoms with Crippen LogP contribution in [0, 0.1) is 0 Å². The highest BCUT2D eigenvalue weighted by Gasteiger charge is 2.19. The molecule has 8 nitrogen and oxygen atoms in total. The number of aliphatic carboxylic acids is 1. The molecule has 8 heteroatoms. The minimum Gasteiger partial charge on any atom is -0.481 e. The Morgan fingerprint density at radius 2 is 1.77 bits per heavy atom. The van der Waals surface area contributed by atoms with E-state index in [9.17, 15) is 14.4 Å². The van der Waals surface area contributed by atoms with Gasteiger partial charge < -0.3 is 24.8 Å². The zero-order valence-electron chi connectivity index (χ0n) is 15.4. The van der Waals surface area contributed by atoms with E-state index in [2.05, 4.69) is 5.32 Å². The predicted molar refractivity (Wildman–Crippen MR) is 94.7 cm³/mol. The first-order chi connectivity index (χ1) is 12.2. The number of nitrogens with one attached hydrogen (secondary N) is 1. The third kappa shape index (κ3) is 9.51. The van der Waals surface area contributed by atoms with E-state index in [0.717, 1.165) is 5.56 Å². The number of ether oxygens (including phenoxy) is 2. The van der Waals surface area contributed by atoms with E-state index in [4.69, 9.17) is 14.6 Å². The highest BCUT2D eigenvalue weighted by Crippen LogP contribution is 2.07. The van der Waals surface area contributed by atoms with Crippen molar-refractivity contribution in [2.45, 2.75) is 39.4 Å². The Labute approximate surface area is 153 Å². The van der Waals surface area contributed by atoms with Gasteiger partial charge in [-0.15, -0.1) is 0 Å². The van der Waals surface area contributed by atoms with Gasteiger partial charge in [0.1, 0.15) is 12.2 Å². The molecule has 26 heavy (non-hydrogen) atoms. The van der Waals surface area contributed by atoms with Crippen molar-refractivity contribution >= 4 is 18.2 Å². The van der Waals surface area contributed by atoms with Gasteiger partial charge in [0.15, 0.2) is 0 Å². The molecule has 0 bridgehead atoms. The van der Waals surface area contributed by atoms with Gasteiger partial charge in [0.25, 0.3) is 0 Å². The van der Waals surface area contributed by atoms with Gasteiger partial charge in [0.05, 0.1) is 6.42 Å². The van der Waals surface area contributed by atoms with Crippen molar-refractivity contribution < 1.29 is 29.0 Å². The molecule has 1 rings (SSSR count). The van der Waals surface area contributed by atoms with Crippen LogP contribution in [0.15, 0.2) is 30.3 Å². The summed E-state index contributed by atoms with van der Waals surface area (Å²) in [6.07, 6.45) is -1.46. The van der Waals surface area contributed by atoms with Crippen LogP contribution in [0.25, 0.3) is 0 Å². The number of carboxylic acid groups (broad SMARTS) is 1. The molecule has 0 aliphatic heterocycles. The Balaban J connectivity index is 2.50. The van der Waals surface area contributed by atoms with Gasteiger partial charge in [0.2, 0.25) is 0 Å². The number of carboxylic acids is 1. The van der Waals surface area contributed by atoms with Crippen LogP contribution < -0.4 is 5.32 Å². The second kappa shape index (κ2) is 10.3. The molecule has 0 heterocycles. The summed E-state index contributed by atoms with van der Waals surface area (Å²) in [4.78, 5) is 35.8. The maximum Gasteiger partial charge on any atom is 0.410 e. The van der Waals surface area contributed by atoms with E-state index in [-0.39, 0.29) is 32.7 Å². The maximum absolute atomic E-state index is 12.2. The average Bonchev–Trinajstić information content (AvgIpc) is 2.54. The monoisotopic (exact) mass is 366 g/mol. The number of nitrogens with zero attached hydrogens (tertiary/aromatic N) is 1. The van der Waals surface area contributed by atoms with Crippen molar-refractivity contribution in [1.82, 2.24) is 10.2 Å². The molecule has 2 N–H and O–H groups in total. The minimum atomic E-state index is -1.02. The first-order valence-corrected chi connectivity index (χ1v) is 8.31. The molecule has 0 saturated heterocycles. The van der Waals surface area contributed by atoms with Gasteiger partial charge in [-0.1, -0.05) is 30.3 Å². The van der Waals surface area contributed by atoms with Gasteiger partial charge in [0, 0.05) is 19.6 Å². The van der Waals surface area contributed by atoms with E-state index < -0.39 is 23.8 Å². The minimum absolute atomic E-state index is 0.0149. The third-order valence-electron chi connectivity index (χ3n) is 3.11. The molecule has 1 aromatic rings. The molecule has 0 aromatic heterocycles. The number of benzene rings is 1. The number of carbonyl (C=O) groups is 3. The lowest BCUT2D eigenvalue weighted by Crippen LogP contribution is -2.41. The van der Waals surface area contributed by atoms with E-state index in [1.54, 1.807) is 20.8 Å². The molecule has 0 aliphatic carbocycles. The largest absolute Gasteiger partial charge is 0.481 e. The number of hydrogen-bond donors (Lipinski definition) is 2. The first-order valence-electron chi connectivity index (χ1n) is 8.31. The van der Waals surface area contributed by atoms with Gasteiger partial charge in [-0.3, -0.25) is 4.79 Å². The van der Waals surface area contributed by atoms with Crippen molar-refractivity contribution in [3.63, 3.8) is 0 Å². The summed E-state index contributed by atoms with van der Waals surface area (Å²) in [5.41, 5.74) is 0.202. The summed E-state index contributed by atoms with van der Waals surface area (Å²) >= 11 is 0. The van der Waals surface area contributed by atoms with Gasteiger partial charge >= 0.3 is 18.2 Å². The topological polar surface area (TPSA) is 105 Å². The van der Waals surface area contributed by atoms with Crippen molar-refractivity contribution in [1.29, 1.82) is 0 Å². The smallest absolute Gasteiger partial charge is 0.410 e. The fourth-order valence-electron chi connectivity index (χ4n) is 1.94. The third-order valence-corrected chi connectivity index (χ3v) is 3.11. The fraction of sp³-hybridized carbons (Fsp3) is 0.500. The normalized spacial score (nSPS) is 10.7. The van der Waals surface area contributed by atoms with Gasteiger partial charge in [-0.2, -0.15) is 0 Å². The van der Waals surface area contributed by atoms with Crippen molar-refractivity contribution in [2.24, 2.45) is 0 Å². The summed E-state index contributed by atoms with van der Waals surface area (Å²) in [5.74, 6) is -1.02. The summed E-state index contributed by atoms with van der Waals surface area (Å²) in [6.45, 7) is 5.53. The first kappa shape index (κ1) is 21.3. The van der Waals surface area contributed by atoms with Crippen LogP contribution in [-0.2, 0) is 20.9 Å². The van der Waals surface area contributed by atoms with E-state index in [1.165, 1.54) is 4.90 Å². The number of rotatable bonds is 8. The zero-order chi connectivity index (χ0) is 19.6. The van der Waals surface area contributed by atoms with Crippen LogP contribution in [0.1, 0.15) is 32.8 Å². The lowest BCUT2D eigenvalue weighted by Gasteiger charge is -2.23. The Kier molecular flexibility index (Phi) is 8.41. The molecule has 0 spiro atoms. The van der Waals surface area contributed by atoms with Crippen molar-refractivity contribution in [3.8, 4) is 0 Å². The molecule has 0 aliphatic rings. The van der Waals surface area contributed by atoms with Crippen LogP contribution in [0.3, 0.4) is 0 Å². The number of hydrogen-bond acceptors (Lipinski definition) is 5. The standard InChI is InChI=1S/C18H26N2O6/c1-18(2,3)26-16(23)19-10-12-20(11-9-15(21)22)17(24)25-13-14-7-5-4-6-8-14/h4-8H,9-13H2,1-3H3,(H,19,23)(H,21,22). The maximum atomic E-state index is 12.2. The Morgan fingerprint density at radius 3 is 2.35 bits per heavy atom. The Bertz CT molecular complexity index is 597. The summed E-state index contributed by atoms with van der Waals surface area (Å²) in [6, 6.07) is 9.15. The molecule has 0 saturated carbocycles. The summed E-state index contributed by atoms with van der Waals surface area (Å²) in [5, 5.41) is 11.4. The van der Waals surface area contributed by atoms with Gasteiger partial charge in [-0.05, 0) is 26.3 Å². The molecule has 2 amide bonds. The number of carbonyl (C=O) groups excluding carboxylic acids is 2. The molecule has 144 valence electrons. The molecule has 0 radical (unpaired) electrons. The van der Waals surface area contributed by atoms with Crippen molar-refractivity contribution in [2.75, 3.05) is 19.6 Å². The zero-order valence-corrected chi connectivity index (χ0v) is 15.4. The second-order valence-corrected chi connectivity index (χ2v) is 6.60. The Morgan fingerprint density at radius 1 is 1.12 bits per heavy atom. The van der Waals surface area contributed by atoms with Gasteiger partial charge in [-0.25, -0.2) is 9.59 Å². The van der Waals surface area contributed by atoms with E-state index in [0.29, 0.717) is 0 Å². The molecular formula is C18H26N2O6. The van der Waals surface area contributed by atoms with Crippen LogP contribution in [0.5, 0.6) is 0 Å². The molecular weight excluding hydrogens is 340 g/mol. The molecule has 1 aromatic carbocycles. The quantitative estimate of drug-likeness (QED) is 0.733. The fourth-order valence-corrected chi connectivity index (χ4v) is 1.94. The summed E-state index contributed by atoms with van der Waals surface area (Å²) in [7, 11) is 0. The van der Waals surface area contributed by atoms with Crippen LogP contribution in [0.2, 0.25) is 0 Å².